The van der Waals surface area contributed by atoms with E-state index in [0.29, 0.717) is 24.5 Å². The van der Waals surface area contributed by atoms with E-state index in [1.54, 1.807) is 6.07 Å². The van der Waals surface area contributed by atoms with Gasteiger partial charge in [0.15, 0.2) is 18.3 Å². The van der Waals surface area contributed by atoms with Crippen LogP contribution in [0.4, 0.5) is 0 Å². The van der Waals surface area contributed by atoms with Crippen LogP contribution in [0.15, 0.2) is 18.2 Å². The number of hydrogen-bond donors (Lipinski definition) is 2. The first-order chi connectivity index (χ1) is 18.1. The predicted molar refractivity (Wildman–Crippen MR) is 126 cm³/mol. The Hall–Kier alpha value is -3.46. The summed E-state index contributed by atoms with van der Waals surface area (Å²) in [5.74, 6) is -3.04. The SMILES string of the molecule is COC(=O)[C@H]1O[C@@H](Oc2cc(OCCOCCN)ccc2CO)C(OC(C)=O)C(OC(C)=O)C1OC(C)=O. The van der Waals surface area contributed by atoms with Gasteiger partial charge in [-0.1, -0.05) is 0 Å². The quantitative estimate of drug-likeness (QED) is 0.186. The Labute approximate surface area is 219 Å². The number of aliphatic hydroxyl groups excluding tert-OH is 1. The van der Waals surface area contributed by atoms with Crippen molar-refractivity contribution in [2.75, 3.05) is 33.5 Å². The molecule has 3 unspecified atom stereocenters. The summed E-state index contributed by atoms with van der Waals surface area (Å²) in [6.07, 6.45) is -7.75. The number of carbonyl (C=O) groups excluding carboxylic acids is 4. The first-order valence-corrected chi connectivity index (χ1v) is 11.7. The molecule has 1 heterocycles. The summed E-state index contributed by atoms with van der Waals surface area (Å²) in [6, 6.07) is 4.55. The first-order valence-electron chi connectivity index (χ1n) is 11.7. The number of hydrogen-bond acceptors (Lipinski definition) is 14. The Morgan fingerprint density at radius 1 is 0.921 bits per heavy atom. The Kier molecular flexibility index (Phi) is 12.2. The smallest absolute Gasteiger partial charge is 0.339 e. The molecule has 14 heteroatoms. The van der Waals surface area contributed by atoms with Crippen LogP contribution < -0.4 is 15.2 Å². The lowest BCUT2D eigenvalue weighted by Gasteiger charge is -2.43. The molecular formula is C24H33NO13. The van der Waals surface area contributed by atoms with Gasteiger partial charge in [-0.15, -0.1) is 0 Å². The first kappa shape index (κ1) is 30.8. The van der Waals surface area contributed by atoms with Crippen molar-refractivity contribution in [3.63, 3.8) is 0 Å². The van der Waals surface area contributed by atoms with E-state index in [2.05, 4.69) is 0 Å². The third kappa shape index (κ3) is 8.83. The van der Waals surface area contributed by atoms with Crippen LogP contribution in [0.25, 0.3) is 0 Å². The lowest BCUT2D eigenvalue weighted by molar-refractivity contribution is -0.282. The lowest BCUT2D eigenvalue weighted by atomic mass is 9.97. The molecule has 2 rings (SSSR count). The molecule has 3 N–H and O–H groups in total. The lowest BCUT2D eigenvalue weighted by Crippen LogP contribution is -2.64. The van der Waals surface area contributed by atoms with Gasteiger partial charge in [-0.2, -0.15) is 0 Å². The van der Waals surface area contributed by atoms with Crippen LogP contribution in [0.2, 0.25) is 0 Å². The third-order valence-corrected chi connectivity index (χ3v) is 5.05. The highest BCUT2D eigenvalue weighted by atomic mass is 16.7. The Balaban J connectivity index is 2.44. The fourth-order valence-electron chi connectivity index (χ4n) is 3.57. The molecule has 1 aromatic carbocycles. The summed E-state index contributed by atoms with van der Waals surface area (Å²) in [5, 5.41) is 9.83. The monoisotopic (exact) mass is 543 g/mol. The van der Waals surface area contributed by atoms with Crippen molar-refractivity contribution >= 4 is 23.9 Å². The van der Waals surface area contributed by atoms with Gasteiger partial charge in [-0.05, 0) is 12.1 Å². The van der Waals surface area contributed by atoms with Gasteiger partial charge in [0.1, 0.15) is 18.1 Å². The number of nitrogens with two attached hydrogens (primary N) is 1. The zero-order chi connectivity index (χ0) is 28.2. The van der Waals surface area contributed by atoms with Crippen molar-refractivity contribution in [1.29, 1.82) is 0 Å². The average Bonchev–Trinajstić information content (AvgIpc) is 2.86. The number of rotatable bonds is 13. The molecule has 1 saturated heterocycles. The standard InChI is InChI=1S/C24H33NO13/c1-13(27)34-19-20(35-14(2)28)22(36-15(3)29)24(38-21(19)23(30)31-4)37-18-11-17(6-5-16(18)12-26)33-10-9-32-8-7-25/h5-6,11,19-22,24,26H,7-10,12,25H2,1-4H3/t19?,20?,21-,22?,24+/m0/s1. The molecule has 0 radical (unpaired) electrons. The van der Waals surface area contributed by atoms with Crippen LogP contribution in [-0.2, 0) is 54.2 Å². The van der Waals surface area contributed by atoms with Gasteiger partial charge in [0.05, 0.1) is 26.9 Å². The van der Waals surface area contributed by atoms with Gasteiger partial charge in [-0.25, -0.2) is 4.79 Å². The second kappa shape index (κ2) is 15.1. The summed E-state index contributed by atoms with van der Waals surface area (Å²) in [5.41, 5.74) is 5.67. The minimum absolute atomic E-state index is 0.0474. The van der Waals surface area contributed by atoms with E-state index in [1.807, 2.05) is 0 Å². The molecule has 1 aliphatic heterocycles. The van der Waals surface area contributed by atoms with Crippen LogP contribution in [0.1, 0.15) is 26.3 Å². The minimum atomic E-state index is -1.62. The molecule has 0 aromatic heterocycles. The van der Waals surface area contributed by atoms with E-state index in [-0.39, 0.29) is 19.0 Å². The molecule has 38 heavy (non-hydrogen) atoms. The van der Waals surface area contributed by atoms with Crippen molar-refractivity contribution in [3.8, 4) is 11.5 Å². The van der Waals surface area contributed by atoms with E-state index in [9.17, 15) is 24.3 Å². The van der Waals surface area contributed by atoms with Crippen LogP contribution in [0.5, 0.6) is 11.5 Å². The van der Waals surface area contributed by atoms with Gasteiger partial charge in [-0.3, -0.25) is 14.4 Å². The molecule has 0 aliphatic carbocycles. The zero-order valence-electron chi connectivity index (χ0n) is 21.6. The van der Waals surface area contributed by atoms with E-state index >= 15 is 0 Å². The van der Waals surface area contributed by atoms with Crippen molar-refractivity contribution in [3.05, 3.63) is 23.8 Å². The molecule has 5 atom stereocenters. The van der Waals surface area contributed by atoms with E-state index in [1.165, 1.54) is 12.1 Å². The Morgan fingerprint density at radius 2 is 1.55 bits per heavy atom. The molecule has 0 amide bonds. The second-order valence-corrected chi connectivity index (χ2v) is 7.97. The summed E-state index contributed by atoms with van der Waals surface area (Å²) < 4.78 is 43.2. The van der Waals surface area contributed by atoms with Crippen LogP contribution >= 0.6 is 0 Å². The summed E-state index contributed by atoms with van der Waals surface area (Å²) >= 11 is 0. The van der Waals surface area contributed by atoms with Gasteiger partial charge in [0.2, 0.25) is 12.4 Å². The zero-order valence-corrected chi connectivity index (χ0v) is 21.6. The van der Waals surface area contributed by atoms with Gasteiger partial charge < -0.3 is 48.7 Å². The topological polar surface area (TPSA) is 188 Å². The van der Waals surface area contributed by atoms with Crippen LogP contribution in [0, 0.1) is 0 Å². The number of esters is 4. The Morgan fingerprint density at radius 3 is 2.13 bits per heavy atom. The summed E-state index contributed by atoms with van der Waals surface area (Å²) in [7, 11) is 1.08. The summed E-state index contributed by atoms with van der Waals surface area (Å²) in [6.45, 7) is 4.00. The average molecular weight is 544 g/mol. The molecule has 1 aliphatic rings. The van der Waals surface area contributed by atoms with E-state index < -0.39 is 61.2 Å². The highest BCUT2D eigenvalue weighted by molar-refractivity contribution is 5.77. The fraction of sp³-hybridized carbons (Fsp3) is 0.583. The maximum absolute atomic E-state index is 12.6. The molecule has 1 fully saturated rings. The molecule has 14 nitrogen and oxygen atoms in total. The normalized spacial score (nSPS) is 22.6. The van der Waals surface area contributed by atoms with Gasteiger partial charge in [0, 0.05) is 38.9 Å². The number of aliphatic hydroxyl groups is 1. The maximum Gasteiger partial charge on any atom is 0.339 e. The number of methoxy groups -OCH3 is 1. The van der Waals surface area contributed by atoms with E-state index in [4.69, 9.17) is 43.6 Å². The maximum atomic E-state index is 12.6. The number of benzene rings is 1. The van der Waals surface area contributed by atoms with Gasteiger partial charge >= 0.3 is 23.9 Å². The van der Waals surface area contributed by atoms with Crippen molar-refractivity contribution < 1.29 is 62.2 Å². The second-order valence-electron chi connectivity index (χ2n) is 7.97. The number of carbonyl (C=O) groups is 4. The highest BCUT2D eigenvalue weighted by Crippen LogP contribution is 2.33. The third-order valence-electron chi connectivity index (χ3n) is 5.05. The minimum Gasteiger partial charge on any atom is -0.491 e. The highest BCUT2D eigenvalue weighted by Gasteiger charge is 2.55. The fourth-order valence-corrected chi connectivity index (χ4v) is 3.57. The van der Waals surface area contributed by atoms with Crippen molar-refractivity contribution in [2.45, 2.75) is 58.1 Å². The van der Waals surface area contributed by atoms with Crippen molar-refractivity contribution in [1.82, 2.24) is 0 Å². The molecule has 1 aromatic rings. The molecule has 0 bridgehead atoms. The summed E-state index contributed by atoms with van der Waals surface area (Å²) in [4.78, 5) is 48.3. The molecule has 0 saturated carbocycles. The molecule has 212 valence electrons. The van der Waals surface area contributed by atoms with Crippen molar-refractivity contribution in [2.24, 2.45) is 5.73 Å². The molecule has 0 spiro atoms. The Bertz CT molecular complexity index is 969. The van der Waals surface area contributed by atoms with Crippen LogP contribution in [-0.4, -0.2) is 93.2 Å². The largest absolute Gasteiger partial charge is 0.491 e. The molecular weight excluding hydrogens is 510 g/mol. The predicted octanol–water partition coefficient (Wildman–Crippen LogP) is -0.395. The van der Waals surface area contributed by atoms with E-state index in [0.717, 1.165) is 27.9 Å². The van der Waals surface area contributed by atoms with Gasteiger partial charge in [0.25, 0.3) is 0 Å². The van der Waals surface area contributed by atoms with Crippen LogP contribution in [0.3, 0.4) is 0 Å². The number of ether oxygens (including phenoxy) is 8.